The zero-order valence-electron chi connectivity index (χ0n) is 12.2. The summed E-state index contributed by atoms with van der Waals surface area (Å²) in [5.41, 5.74) is 9.06. The summed E-state index contributed by atoms with van der Waals surface area (Å²) in [6, 6.07) is 6.95. The monoisotopic (exact) mass is 274 g/mol. The van der Waals surface area contributed by atoms with Crippen molar-refractivity contribution in [3.05, 3.63) is 28.8 Å². The van der Waals surface area contributed by atoms with E-state index in [1.54, 1.807) is 0 Å². The first-order valence-corrected chi connectivity index (χ1v) is 7.82. The van der Waals surface area contributed by atoms with Crippen LogP contribution in [0.15, 0.2) is 18.2 Å². The standard InChI is InChI=1S/C16H22N2S/c1-10(17)16(7-8-16)11-5-6-12-13(9-11)19-14(18-12)15(2,3)4/h5-6,9-10H,7-8,17H2,1-4H3. The molecule has 0 spiro atoms. The van der Waals surface area contributed by atoms with Crippen LogP contribution in [0, 0.1) is 0 Å². The number of nitrogens with two attached hydrogens (primary N) is 1. The van der Waals surface area contributed by atoms with Crippen molar-refractivity contribution >= 4 is 21.6 Å². The zero-order valence-corrected chi connectivity index (χ0v) is 13.0. The van der Waals surface area contributed by atoms with Gasteiger partial charge in [-0.2, -0.15) is 0 Å². The van der Waals surface area contributed by atoms with Gasteiger partial charge in [-0.1, -0.05) is 26.8 Å². The Morgan fingerprint density at radius 1 is 1.32 bits per heavy atom. The Hall–Kier alpha value is -0.930. The van der Waals surface area contributed by atoms with Crippen molar-refractivity contribution in [2.75, 3.05) is 0 Å². The molecule has 1 aromatic heterocycles. The first-order valence-electron chi connectivity index (χ1n) is 7.00. The molecule has 19 heavy (non-hydrogen) atoms. The molecule has 2 N–H and O–H groups in total. The van der Waals surface area contributed by atoms with E-state index in [1.165, 1.54) is 28.1 Å². The SMILES string of the molecule is CC(N)C1(c2ccc3nc(C(C)(C)C)sc3c2)CC1. The van der Waals surface area contributed by atoms with Crippen molar-refractivity contribution in [3.63, 3.8) is 0 Å². The highest BCUT2D eigenvalue weighted by Gasteiger charge is 2.47. The summed E-state index contributed by atoms with van der Waals surface area (Å²) in [6.07, 6.45) is 2.45. The molecule has 2 nitrogen and oxygen atoms in total. The number of fused-ring (bicyclic) bond motifs is 1. The lowest BCUT2D eigenvalue weighted by Gasteiger charge is -2.19. The minimum absolute atomic E-state index is 0.127. The van der Waals surface area contributed by atoms with Crippen LogP contribution in [0.3, 0.4) is 0 Å². The van der Waals surface area contributed by atoms with Crippen LogP contribution >= 0.6 is 11.3 Å². The molecule has 3 rings (SSSR count). The normalized spacial score (nSPS) is 19.6. The van der Waals surface area contributed by atoms with Gasteiger partial charge in [0.25, 0.3) is 0 Å². The molecule has 0 aliphatic heterocycles. The van der Waals surface area contributed by atoms with Gasteiger partial charge < -0.3 is 5.73 Å². The van der Waals surface area contributed by atoms with Gasteiger partial charge in [-0.05, 0) is 37.5 Å². The molecule has 1 aliphatic rings. The smallest absolute Gasteiger partial charge is 0.0992 e. The molecule has 0 amide bonds. The fraction of sp³-hybridized carbons (Fsp3) is 0.562. The van der Waals surface area contributed by atoms with Crippen molar-refractivity contribution in [2.45, 2.75) is 57.4 Å². The molecule has 3 heteroatoms. The molecule has 0 bridgehead atoms. The Balaban J connectivity index is 2.07. The van der Waals surface area contributed by atoms with Crippen molar-refractivity contribution in [3.8, 4) is 0 Å². The van der Waals surface area contributed by atoms with Gasteiger partial charge in [-0.25, -0.2) is 4.98 Å². The second kappa shape index (κ2) is 4.03. The maximum absolute atomic E-state index is 6.17. The maximum atomic E-state index is 6.17. The topological polar surface area (TPSA) is 38.9 Å². The highest BCUT2D eigenvalue weighted by atomic mass is 32.1. The van der Waals surface area contributed by atoms with E-state index < -0.39 is 0 Å². The third-order valence-electron chi connectivity index (χ3n) is 4.27. The van der Waals surface area contributed by atoms with E-state index in [1.807, 2.05) is 11.3 Å². The van der Waals surface area contributed by atoms with Crippen molar-refractivity contribution in [2.24, 2.45) is 5.73 Å². The van der Waals surface area contributed by atoms with E-state index >= 15 is 0 Å². The van der Waals surface area contributed by atoms with Crippen LogP contribution in [0.25, 0.3) is 10.2 Å². The zero-order chi connectivity index (χ0) is 13.8. The van der Waals surface area contributed by atoms with Gasteiger partial charge in [0.05, 0.1) is 15.2 Å². The lowest BCUT2D eigenvalue weighted by atomic mass is 9.89. The lowest BCUT2D eigenvalue weighted by molar-refractivity contribution is 0.557. The van der Waals surface area contributed by atoms with E-state index in [0.717, 1.165) is 5.52 Å². The Labute approximate surface area is 119 Å². The summed E-state index contributed by atoms with van der Waals surface area (Å²) in [5.74, 6) is 0. The molecule has 1 saturated carbocycles. The van der Waals surface area contributed by atoms with Crippen molar-refractivity contribution in [1.29, 1.82) is 0 Å². The Kier molecular flexibility index (Phi) is 2.77. The van der Waals surface area contributed by atoms with E-state index in [9.17, 15) is 0 Å². The molecule has 1 atom stereocenters. The van der Waals surface area contributed by atoms with Gasteiger partial charge in [-0.15, -0.1) is 11.3 Å². The number of nitrogens with zero attached hydrogens (tertiary/aromatic N) is 1. The lowest BCUT2D eigenvalue weighted by Crippen LogP contribution is -2.31. The maximum Gasteiger partial charge on any atom is 0.0992 e. The van der Waals surface area contributed by atoms with E-state index in [4.69, 9.17) is 10.7 Å². The highest BCUT2D eigenvalue weighted by Crippen LogP contribution is 2.51. The first-order chi connectivity index (χ1) is 8.83. The van der Waals surface area contributed by atoms with Gasteiger partial charge in [0.2, 0.25) is 0 Å². The minimum Gasteiger partial charge on any atom is -0.327 e. The third kappa shape index (κ3) is 2.09. The fourth-order valence-electron chi connectivity index (χ4n) is 2.70. The van der Waals surface area contributed by atoms with Crippen molar-refractivity contribution < 1.29 is 0 Å². The summed E-state index contributed by atoms with van der Waals surface area (Å²) in [5, 5.41) is 1.21. The van der Waals surface area contributed by atoms with E-state index in [-0.39, 0.29) is 16.9 Å². The molecule has 1 unspecified atom stereocenters. The Bertz CT molecular complexity index is 615. The molecule has 0 saturated heterocycles. The molecule has 1 aliphatic carbocycles. The number of hydrogen-bond donors (Lipinski definition) is 1. The largest absolute Gasteiger partial charge is 0.327 e. The quantitative estimate of drug-likeness (QED) is 0.900. The Morgan fingerprint density at radius 3 is 2.53 bits per heavy atom. The van der Waals surface area contributed by atoms with Crippen LogP contribution in [-0.2, 0) is 10.8 Å². The average Bonchev–Trinajstić information content (AvgIpc) is 3.01. The second-order valence-electron chi connectivity index (χ2n) is 6.90. The third-order valence-corrected chi connectivity index (χ3v) is 5.71. The van der Waals surface area contributed by atoms with Gasteiger partial charge in [0.15, 0.2) is 0 Å². The van der Waals surface area contributed by atoms with Gasteiger partial charge in [-0.3, -0.25) is 0 Å². The van der Waals surface area contributed by atoms with Crippen LogP contribution in [-0.4, -0.2) is 11.0 Å². The van der Waals surface area contributed by atoms with Crippen LogP contribution < -0.4 is 5.73 Å². The van der Waals surface area contributed by atoms with Crippen LogP contribution in [0.4, 0.5) is 0 Å². The summed E-state index contributed by atoms with van der Waals surface area (Å²) >= 11 is 1.82. The summed E-state index contributed by atoms with van der Waals surface area (Å²) in [4.78, 5) is 4.76. The van der Waals surface area contributed by atoms with E-state index in [0.29, 0.717) is 0 Å². The van der Waals surface area contributed by atoms with Crippen LogP contribution in [0.2, 0.25) is 0 Å². The van der Waals surface area contributed by atoms with Crippen LogP contribution in [0.5, 0.6) is 0 Å². The highest BCUT2D eigenvalue weighted by molar-refractivity contribution is 7.18. The fourth-order valence-corrected chi connectivity index (χ4v) is 3.76. The summed E-state index contributed by atoms with van der Waals surface area (Å²) in [7, 11) is 0. The minimum atomic E-state index is 0.127. The molecular weight excluding hydrogens is 252 g/mol. The Morgan fingerprint density at radius 2 is 2.00 bits per heavy atom. The molecule has 0 radical (unpaired) electrons. The molecule has 1 fully saturated rings. The predicted octanol–water partition coefficient (Wildman–Crippen LogP) is 3.97. The number of hydrogen-bond acceptors (Lipinski definition) is 3. The average molecular weight is 274 g/mol. The number of thiazole rings is 1. The number of benzene rings is 1. The first kappa shape index (κ1) is 13.1. The van der Waals surface area contributed by atoms with Gasteiger partial charge >= 0.3 is 0 Å². The van der Waals surface area contributed by atoms with Gasteiger partial charge in [0, 0.05) is 16.9 Å². The molecule has 102 valence electrons. The van der Waals surface area contributed by atoms with Gasteiger partial charge in [0.1, 0.15) is 0 Å². The summed E-state index contributed by atoms with van der Waals surface area (Å²) in [6.45, 7) is 8.78. The molecular formula is C16H22N2S. The van der Waals surface area contributed by atoms with E-state index in [2.05, 4.69) is 45.9 Å². The van der Waals surface area contributed by atoms with Crippen LogP contribution in [0.1, 0.15) is 51.1 Å². The predicted molar refractivity (Wildman–Crippen MR) is 82.9 cm³/mol. The van der Waals surface area contributed by atoms with Crippen molar-refractivity contribution in [1.82, 2.24) is 4.98 Å². The summed E-state index contributed by atoms with van der Waals surface area (Å²) < 4.78 is 1.30. The number of rotatable bonds is 2. The number of aromatic nitrogens is 1. The molecule has 2 aromatic rings. The molecule has 1 aromatic carbocycles. The molecule has 1 heterocycles. The second-order valence-corrected chi connectivity index (χ2v) is 7.93.